The summed E-state index contributed by atoms with van der Waals surface area (Å²) < 4.78 is 13.5. The number of amides is 1. The van der Waals surface area contributed by atoms with Gasteiger partial charge in [0.15, 0.2) is 0 Å². The minimum atomic E-state index is -0.637. The molecule has 0 saturated heterocycles. The highest BCUT2D eigenvalue weighted by atomic mass is 19.1. The molecule has 0 aliphatic heterocycles. The second-order valence-electron chi connectivity index (χ2n) is 4.07. The predicted octanol–water partition coefficient (Wildman–Crippen LogP) is 2.12. The standard InChI is InChI=1S/C14H11FN4O/c15-10-2-1-3-12(9(10)7-16)19-13-6-8(14(18)20)4-5-11(13)17/h1-6,19H,17H2,(H2,18,20). The van der Waals surface area contributed by atoms with Crippen LogP contribution in [-0.2, 0) is 0 Å². The van der Waals surface area contributed by atoms with Gasteiger partial charge in [0.25, 0.3) is 0 Å². The number of benzene rings is 2. The number of carbonyl (C=O) groups excluding carboxylic acids is 1. The Balaban J connectivity index is 2.45. The van der Waals surface area contributed by atoms with E-state index < -0.39 is 11.7 Å². The fourth-order valence-corrected chi connectivity index (χ4v) is 1.70. The van der Waals surface area contributed by atoms with E-state index in [4.69, 9.17) is 16.7 Å². The second-order valence-corrected chi connectivity index (χ2v) is 4.07. The van der Waals surface area contributed by atoms with Gasteiger partial charge in [-0.1, -0.05) is 6.07 Å². The highest BCUT2D eigenvalue weighted by molar-refractivity contribution is 5.95. The lowest BCUT2D eigenvalue weighted by atomic mass is 10.1. The van der Waals surface area contributed by atoms with Crippen LogP contribution in [0, 0.1) is 17.1 Å². The molecule has 6 heteroatoms. The molecule has 5 N–H and O–H groups in total. The molecular weight excluding hydrogens is 259 g/mol. The zero-order valence-corrected chi connectivity index (χ0v) is 10.4. The van der Waals surface area contributed by atoms with E-state index in [-0.39, 0.29) is 16.8 Å². The van der Waals surface area contributed by atoms with Gasteiger partial charge in [-0.05, 0) is 30.3 Å². The maximum atomic E-state index is 13.5. The number of nitrogens with two attached hydrogens (primary N) is 2. The molecule has 0 spiro atoms. The average Bonchev–Trinajstić information content (AvgIpc) is 2.41. The maximum Gasteiger partial charge on any atom is 0.248 e. The first-order valence-electron chi connectivity index (χ1n) is 5.68. The van der Waals surface area contributed by atoms with E-state index in [0.29, 0.717) is 11.4 Å². The molecule has 0 unspecified atom stereocenters. The third kappa shape index (κ3) is 2.52. The lowest BCUT2D eigenvalue weighted by Crippen LogP contribution is -2.11. The van der Waals surface area contributed by atoms with Gasteiger partial charge in [-0.2, -0.15) is 5.26 Å². The van der Waals surface area contributed by atoms with Crippen molar-refractivity contribution < 1.29 is 9.18 Å². The Labute approximate surface area is 114 Å². The third-order valence-electron chi connectivity index (χ3n) is 2.73. The number of primary amides is 1. The Bertz CT molecular complexity index is 722. The van der Waals surface area contributed by atoms with Gasteiger partial charge in [-0.15, -0.1) is 0 Å². The van der Waals surface area contributed by atoms with Gasteiger partial charge in [0.05, 0.1) is 17.1 Å². The van der Waals surface area contributed by atoms with Crippen LogP contribution in [-0.4, -0.2) is 5.91 Å². The summed E-state index contributed by atoms with van der Waals surface area (Å²) >= 11 is 0. The molecule has 0 aromatic heterocycles. The van der Waals surface area contributed by atoms with Gasteiger partial charge in [-0.3, -0.25) is 4.79 Å². The molecule has 0 atom stereocenters. The zero-order chi connectivity index (χ0) is 14.7. The summed E-state index contributed by atoms with van der Waals surface area (Å²) in [7, 11) is 0. The summed E-state index contributed by atoms with van der Waals surface area (Å²) in [4.78, 5) is 11.1. The van der Waals surface area contributed by atoms with Crippen molar-refractivity contribution in [2.24, 2.45) is 5.73 Å². The van der Waals surface area contributed by atoms with Gasteiger partial charge >= 0.3 is 0 Å². The van der Waals surface area contributed by atoms with Gasteiger partial charge in [0.2, 0.25) is 5.91 Å². The van der Waals surface area contributed by atoms with Crippen LogP contribution in [0.3, 0.4) is 0 Å². The topological polar surface area (TPSA) is 105 Å². The Morgan fingerprint density at radius 2 is 2.00 bits per heavy atom. The van der Waals surface area contributed by atoms with Crippen molar-refractivity contribution in [2.75, 3.05) is 11.1 Å². The molecular formula is C14H11FN4O. The SMILES string of the molecule is N#Cc1c(F)cccc1Nc1cc(C(N)=O)ccc1N. The van der Waals surface area contributed by atoms with Crippen LogP contribution in [0.2, 0.25) is 0 Å². The van der Waals surface area contributed by atoms with Gasteiger partial charge in [0, 0.05) is 5.56 Å². The van der Waals surface area contributed by atoms with Crippen molar-refractivity contribution in [2.45, 2.75) is 0 Å². The van der Waals surface area contributed by atoms with Crippen molar-refractivity contribution in [3.8, 4) is 6.07 Å². The Morgan fingerprint density at radius 3 is 2.65 bits per heavy atom. The van der Waals surface area contributed by atoms with E-state index in [9.17, 15) is 9.18 Å². The zero-order valence-electron chi connectivity index (χ0n) is 10.4. The van der Waals surface area contributed by atoms with Crippen LogP contribution < -0.4 is 16.8 Å². The molecule has 0 bridgehead atoms. The quantitative estimate of drug-likeness (QED) is 0.743. The van der Waals surface area contributed by atoms with E-state index in [1.165, 1.54) is 36.4 Å². The molecule has 20 heavy (non-hydrogen) atoms. The summed E-state index contributed by atoms with van der Waals surface area (Å²) in [6.07, 6.45) is 0. The number of anilines is 3. The van der Waals surface area contributed by atoms with Crippen LogP contribution in [0.1, 0.15) is 15.9 Å². The summed E-state index contributed by atoms with van der Waals surface area (Å²) in [6.45, 7) is 0. The first kappa shape index (κ1) is 13.4. The van der Waals surface area contributed by atoms with Gasteiger partial charge in [-0.25, -0.2) is 4.39 Å². The molecule has 2 aromatic carbocycles. The monoisotopic (exact) mass is 270 g/mol. The molecule has 5 nitrogen and oxygen atoms in total. The number of nitrogens with zero attached hydrogens (tertiary/aromatic N) is 1. The van der Waals surface area contributed by atoms with Crippen LogP contribution in [0.4, 0.5) is 21.5 Å². The number of halogens is 1. The lowest BCUT2D eigenvalue weighted by Gasteiger charge is -2.12. The van der Waals surface area contributed by atoms with Crippen LogP contribution in [0.15, 0.2) is 36.4 Å². The number of nitrogens with one attached hydrogen (secondary N) is 1. The first-order chi connectivity index (χ1) is 9.52. The van der Waals surface area contributed by atoms with Crippen molar-refractivity contribution in [1.82, 2.24) is 0 Å². The van der Waals surface area contributed by atoms with Crippen molar-refractivity contribution in [1.29, 1.82) is 5.26 Å². The van der Waals surface area contributed by atoms with Crippen LogP contribution in [0.25, 0.3) is 0 Å². The van der Waals surface area contributed by atoms with Crippen molar-refractivity contribution in [3.05, 3.63) is 53.3 Å². The smallest absolute Gasteiger partial charge is 0.248 e. The number of carbonyl (C=O) groups is 1. The first-order valence-corrected chi connectivity index (χ1v) is 5.68. The highest BCUT2D eigenvalue weighted by Crippen LogP contribution is 2.27. The lowest BCUT2D eigenvalue weighted by molar-refractivity contribution is 0.100. The molecule has 2 rings (SSSR count). The summed E-state index contributed by atoms with van der Waals surface area (Å²) in [5.41, 5.74) is 12.1. The molecule has 0 saturated carbocycles. The Kier molecular flexibility index (Phi) is 3.53. The largest absolute Gasteiger partial charge is 0.397 e. The Morgan fingerprint density at radius 1 is 1.25 bits per heavy atom. The fraction of sp³-hybridized carbons (Fsp3) is 0. The fourth-order valence-electron chi connectivity index (χ4n) is 1.70. The molecule has 0 radical (unpaired) electrons. The van der Waals surface area contributed by atoms with E-state index in [2.05, 4.69) is 5.32 Å². The molecule has 1 amide bonds. The molecule has 0 aliphatic carbocycles. The van der Waals surface area contributed by atoms with Crippen molar-refractivity contribution >= 4 is 23.0 Å². The van der Waals surface area contributed by atoms with Crippen LogP contribution >= 0.6 is 0 Å². The number of hydrogen-bond donors (Lipinski definition) is 3. The minimum Gasteiger partial charge on any atom is -0.397 e. The second kappa shape index (κ2) is 5.28. The number of hydrogen-bond acceptors (Lipinski definition) is 4. The van der Waals surface area contributed by atoms with E-state index >= 15 is 0 Å². The molecule has 0 aliphatic rings. The van der Waals surface area contributed by atoms with Gasteiger partial charge < -0.3 is 16.8 Å². The number of nitrogen functional groups attached to an aromatic ring is 1. The van der Waals surface area contributed by atoms with E-state index in [0.717, 1.165) is 0 Å². The third-order valence-corrected chi connectivity index (χ3v) is 2.73. The molecule has 100 valence electrons. The number of rotatable bonds is 3. The predicted molar refractivity (Wildman–Crippen MR) is 73.8 cm³/mol. The van der Waals surface area contributed by atoms with Crippen LogP contribution in [0.5, 0.6) is 0 Å². The highest BCUT2D eigenvalue weighted by Gasteiger charge is 2.10. The average molecular weight is 270 g/mol. The van der Waals surface area contributed by atoms with Gasteiger partial charge in [0.1, 0.15) is 17.4 Å². The summed E-state index contributed by atoms with van der Waals surface area (Å²) in [5, 5.41) is 11.8. The minimum absolute atomic E-state index is 0.128. The van der Waals surface area contributed by atoms with E-state index in [1.54, 1.807) is 6.07 Å². The molecule has 0 fully saturated rings. The Hall–Kier alpha value is -3.07. The summed E-state index contributed by atoms with van der Waals surface area (Å²) in [5.74, 6) is -1.24. The summed E-state index contributed by atoms with van der Waals surface area (Å²) in [6, 6.07) is 10.4. The maximum absolute atomic E-state index is 13.5. The van der Waals surface area contributed by atoms with E-state index in [1.807, 2.05) is 0 Å². The number of nitriles is 1. The molecule has 2 aromatic rings. The van der Waals surface area contributed by atoms with Crippen molar-refractivity contribution in [3.63, 3.8) is 0 Å². The molecule has 0 heterocycles. The normalized spacial score (nSPS) is 9.80.